The number of carboxylic acid groups (broad SMARTS) is 1. The second kappa shape index (κ2) is 9.37. The molecule has 3 aromatic carbocycles. The van der Waals surface area contributed by atoms with E-state index in [1.165, 1.54) is 24.3 Å². The van der Waals surface area contributed by atoms with Gasteiger partial charge < -0.3 is 9.84 Å². The fraction of sp³-hybridized carbons (Fsp3) is 0.214. The van der Waals surface area contributed by atoms with Crippen LogP contribution in [0.25, 0.3) is 5.03 Å². The molecule has 0 radical (unpaired) electrons. The molecule has 0 aromatic heterocycles. The summed E-state index contributed by atoms with van der Waals surface area (Å²) in [6, 6.07) is 21.7. The molecule has 1 aliphatic rings. The van der Waals surface area contributed by atoms with Crippen molar-refractivity contribution in [3.05, 3.63) is 101 Å². The van der Waals surface area contributed by atoms with E-state index in [4.69, 9.17) is 27.9 Å². The predicted octanol–water partition coefficient (Wildman–Crippen LogP) is 7.89. The minimum atomic E-state index is -1.34. The highest BCUT2D eigenvalue weighted by Crippen LogP contribution is 2.75. The Kier molecular flexibility index (Phi) is 6.64. The van der Waals surface area contributed by atoms with E-state index in [9.17, 15) is 19.6 Å². The molecule has 0 heterocycles. The summed E-state index contributed by atoms with van der Waals surface area (Å²) in [6.07, 6.45) is 1.70. The highest BCUT2D eigenvalue weighted by molar-refractivity contribution is 6.49. The van der Waals surface area contributed by atoms with Gasteiger partial charge in [0, 0.05) is 11.0 Å². The normalized spacial score (nSPS) is 21.6. The highest BCUT2D eigenvalue weighted by atomic mass is 35.5. The van der Waals surface area contributed by atoms with Crippen LogP contribution in [0.15, 0.2) is 78.9 Å². The van der Waals surface area contributed by atoms with E-state index in [-0.39, 0.29) is 5.82 Å². The van der Waals surface area contributed by atoms with Crippen molar-refractivity contribution >= 4 is 34.2 Å². The standard InChI is InChI=1S/C28H22Cl2FNO3/c1-27(2)25(28(27,26(33)34)21(16-32)17-6-4-3-5-7-17)15-23(30)18-8-13-22(29)24(14-18)35-20-11-9-19(31)10-12-20/h3-15,21,25H,1-2H3,(H,33,34). The van der Waals surface area contributed by atoms with E-state index in [0.29, 0.717) is 32.7 Å². The van der Waals surface area contributed by atoms with E-state index in [0.717, 1.165) is 0 Å². The lowest BCUT2D eigenvalue weighted by Gasteiger charge is -2.21. The molecule has 0 spiro atoms. The number of carbonyl (C=O) groups is 1. The molecule has 0 aliphatic heterocycles. The van der Waals surface area contributed by atoms with Crippen LogP contribution in [-0.2, 0) is 4.79 Å². The summed E-state index contributed by atoms with van der Waals surface area (Å²) in [5, 5.41) is 21.0. The molecule has 1 N–H and O–H groups in total. The van der Waals surface area contributed by atoms with Crippen molar-refractivity contribution in [1.29, 1.82) is 5.26 Å². The van der Waals surface area contributed by atoms with Crippen LogP contribution in [0.3, 0.4) is 0 Å². The van der Waals surface area contributed by atoms with E-state index in [2.05, 4.69) is 6.07 Å². The van der Waals surface area contributed by atoms with Gasteiger partial charge in [-0.2, -0.15) is 5.26 Å². The molecule has 3 unspecified atom stereocenters. The number of carboxylic acids is 1. The van der Waals surface area contributed by atoms with Crippen molar-refractivity contribution < 1.29 is 19.0 Å². The Morgan fingerprint density at radius 3 is 2.40 bits per heavy atom. The molecule has 1 saturated carbocycles. The van der Waals surface area contributed by atoms with E-state index in [1.807, 2.05) is 19.9 Å². The van der Waals surface area contributed by atoms with Crippen molar-refractivity contribution in [2.75, 3.05) is 0 Å². The van der Waals surface area contributed by atoms with Crippen LogP contribution < -0.4 is 4.74 Å². The predicted molar refractivity (Wildman–Crippen MR) is 134 cm³/mol. The second-order valence-corrected chi connectivity index (χ2v) is 9.88. The summed E-state index contributed by atoms with van der Waals surface area (Å²) in [4.78, 5) is 12.6. The summed E-state index contributed by atoms with van der Waals surface area (Å²) in [5.74, 6) is -2.06. The average molecular weight is 510 g/mol. The zero-order valence-corrected chi connectivity index (χ0v) is 20.5. The van der Waals surface area contributed by atoms with Crippen molar-refractivity contribution in [1.82, 2.24) is 0 Å². The third-order valence-corrected chi connectivity index (χ3v) is 7.54. The summed E-state index contributed by atoms with van der Waals surface area (Å²) >= 11 is 13.0. The first-order valence-electron chi connectivity index (χ1n) is 10.9. The number of hydrogen-bond acceptors (Lipinski definition) is 3. The van der Waals surface area contributed by atoms with Gasteiger partial charge in [0.05, 0.1) is 17.0 Å². The molecule has 1 fully saturated rings. The molecule has 4 nitrogen and oxygen atoms in total. The Morgan fingerprint density at radius 1 is 1.14 bits per heavy atom. The number of benzene rings is 3. The third-order valence-electron chi connectivity index (χ3n) is 6.88. The first-order valence-corrected chi connectivity index (χ1v) is 11.7. The van der Waals surface area contributed by atoms with E-state index < -0.39 is 28.6 Å². The largest absolute Gasteiger partial charge is 0.481 e. The topological polar surface area (TPSA) is 70.3 Å². The lowest BCUT2D eigenvalue weighted by atomic mass is 9.78. The summed E-state index contributed by atoms with van der Waals surface area (Å²) in [7, 11) is 0. The van der Waals surface area contributed by atoms with Crippen LogP contribution in [0.5, 0.6) is 11.5 Å². The molecule has 35 heavy (non-hydrogen) atoms. The molecule has 3 aromatic rings. The molecule has 7 heteroatoms. The Labute approximate surface area is 213 Å². The van der Waals surface area contributed by atoms with Crippen molar-refractivity contribution in [2.24, 2.45) is 16.7 Å². The molecule has 0 saturated heterocycles. The lowest BCUT2D eigenvalue weighted by Crippen LogP contribution is -2.28. The Bertz CT molecular complexity index is 1330. The summed E-state index contributed by atoms with van der Waals surface area (Å²) in [5.41, 5.74) is -0.847. The smallest absolute Gasteiger partial charge is 0.312 e. The van der Waals surface area contributed by atoms with Crippen LogP contribution in [0.2, 0.25) is 5.02 Å². The number of rotatable bonds is 7. The SMILES string of the molecule is CC1(C)C(C=C(Cl)c2ccc(Cl)c(Oc3ccc(F)cc3)c2)C1(C(=O)O)C(C#N)c1ccccc1. The second-order valence-electron chi connectivity index (χ2n) is 9.06. The number of allylic oxidation sites excluding steroid dienone is 1. The molecule has 4 rings (SSSR count). The minimum Gasteiger partial charge on any atom is -0.481 e. The maximum Gasteiger partial charge on any atom is 0.312 e. The van der Waals surface area contributed by atoms with E-state index in [1.54, 1.807) is 48.5 Å². The fourth-order valence-electron chi connectivity index (χ4n) is 4.95. The molecule has 0 bridgehead atoms. The van der Waals surface area contributed by atoms with Crippen LogP contribution >= 0.6 is 23.2 Å². The van der Waals surface area contributed by atoms with Crippen LogP contribution in [0, 0.1) is 33.9 Å². The van der Waals surface area contributed by atoms with Crippen LogP contribution in [0.1, 0.15) is 30.9 Å². The van der Waals surface area contributed by atoms with Gasteiger partial charge in [0.2, 0.25) is 0 Å². The zero-order valence-electron chi connectivity index (χ0n) is 19.0. The third kappa shape index (κ3) is 4.29. The van der Waals surface area contributed by atoms with Gasteiger partial charge in [-0.1, -0.05) is 79.5 Å². The van der Waals surface area contributed by atoms with Crippen molar-refractivity contribution in [2.45, 2.75) is 19.8 Å². The summed E-state index contributed by atoms with van der Waals surface area (Å²) in [6.45, 7) is 3.68. The van der Waals surface area contributed by atoms with Crippen molar-refractivity contribution in [3.8, 4) is 17.6 Å². The van der Waals surface area contributed by atoms with Gasteiger partial charge in [0.15, 0.2) is 0 Å². The number of halogens is 3. The Balaban J connectivity index is 1.69. The minimum absolute atomic E-state index is 0.316. The zero-order chi connectivity index (χ0) is 25.4. The van der Waals surface area contributed by atoms with Crippen LogP contribution in [0.4, 0.5) is 4.39 Å². The van der Waals surface area contributed by atoms with Gasteiger partial charge in [0.1, 0.15) is 22.7 Å². The molecule has 1 aliphatic carbocycles. The van der Waals surface area contributed by atoms with Gasteiger partial charge in [0.25, 0.3) is 0 Å². The van der Waals surface area contributed by atoms with Gasteiger partial charge in [-0.3, -0.25) is 4.79 Å². The number of aliphatic carboxylic acids is 1. The maximum atomic E-state index is 13.2. The van der Waals surface area contributed by atoms with Crippen LogP contribution in [-0.4, -0.2) is 11.1 Å². The Morgan fingerprint density at radius 2 is 1.80 bits per heavy atom. The van der Waals surface area contributed by atoms with Crippen molar-refractivity contribution in [3.63, 3.8) is 0 Å². The fourth-order valence-corrected chi connectivity index (χ4v) is 5.35. The average Bonchev–Trinajstić information content (AvgIpc) is 3.32. The van der Waals surface area contributed by atoms with Gasteiger partial charge in [-0.05, 0) is 52.9 Å². The van der Waals surface area contributed by atoms with Gasteiger partial charge in [-0.25, -0.2) is 4.39 Å². The molecule has 0 amide bonds. The molecule has 3 atom stereocenters. The quantitative estimate of drug-likeness (QED) is 0.351. The van der Waals surface area contributed by atoms with E-state index >= 15 is 0 Å². The van der Waals surface area contributed by atoms with Gasteiger partial charge in [-0.15, -0.1) is 0 Å². The maximum absolute atomic E-state index is 13.2. The molecule has 178 valence electrons. The van der Waals surface area contributed by atoms with Gasteiger partial charge >= 0.3 is 5.97 Å². The Hall–Kier alpha value is -3.33. The number of nitriles is 1. The number of hydrogen-bond donors (Lipinski definition) is 1. The summed E-state index contributed by atoms with van der Waals surface area (Å²) < 4.78 is 19.0. The molecular weight excluding hydrogens is 488 g/mol. The molecular formula is C28H22Cl2FNO3. The number of nitrogens with zero attached hydrogens (tertiary/aromatic N) is 1. The first-order chi connectivity index (χ1) is 16.6. The highest BCUT2D eigenvalue weighted by Gasteiger charge is 2.78. The first kappa shape index (κ1) is 24.8. The number of ether oxygens (including phenoxy) is 1. The monoisotopic (exact) mass is 509 g/mol. The lowest BCUT2D eigenvalue weighted by molar-refractivity contribution is -0.145.